The van der Waals surface area contributed by atoms with Crippen molar-refractivity contribution in [2.75, 3.05) is 0 Å². The Bertz CT molecular complexity index is 333. The molecule has 0 saturated carbocycles. The molecule has 0 saturated heterocycles. The van der Waals surface area contributed by atoms with E-state index in [9.17, 15) is 4.39 Å². The summed E-state index contributed by atoms with van der Waals surface area (Å²) in [7, 11) is 0. The predicted octanol–water partition coefficient (Wildman–Crippen LogP) is 3.43. The van der Waals surface area contributed by atoms with Crippen LogP contribution in [0.15, 0.2) is 48.6 Å². The summed E-state index contributed by atoms with van der Waals surface area (Å²) in [5, 5.41) is 0. The molecule has 0 aliphatic heterocycles. The third-order valence-corrected chi connectivity index (χ3v) is 2.28. The van der Waals surface area contributed by atoms with Crippen LogP contribution in [-0.4, -0.2) is 0 Å². The van der Waals surface area contributed by atoms with Gasteiger partial charge in [-0.15, -0.1) is 0 Å². The zero-order valence-electron chi connectivity index (χ0n) is 7.28. The number of benzene rings is 1. The molecule has 1 aliphatic carbocycles. The molecule has 0 heterocycles. The lowest BCUT2D eigenvalue weighted by atomic mass is 9.93. The van der Waals surface area contributed by atoms with Crippen molar-refractivity contribution in [2.24, 2.45) is 0 Å². The van der Waals surface area contributed by atoms with Crippen LogP contribution < -0.4 is 0 Å². The summed E-state index contributed by atoms with van der Waals surface area (Å²) in [4.78, 5) is 0. The van der Waals surface area contributed by atoms with E-state index < -0.39 is 0 Å². The van der Waals surface area contributed by atoms with Gasteiger partial charge in [-0.05, 0) is 24.1 Å². The first-order valence-electron chi connectivity index (χ1n) is 4.45. The third kappa shape index (κ3) is 1.86. The normalized spacial score (nSPS) is 20.5. The van der Waals surface area contributed by atoms with Gasteiger partial charge in [0.05, 0.1) is 0 Å². The SMILES string of the molecule is Fc1ccc(C2C=CC=CC2)cc1. The summed E-state index contributed by atoms with van der Waals surface area (Å²) in [6.45, 7) is 0. The highest BCUT2D eigenvalue weighted by Gasteiger charge is 2.07. The van der Waals surface area contributed by atoms with Gasteiger partial charge in [0.2, 0.25) is 0 Å². The van der Waals surface area contributed by atoms with Gasteiger partial charge in [-0.1, -0.05) is 36.4 Å². The Balaban J connectivity index is 2.21. The lowest BCUT2D eigenvalue weighted by Gasteiger charge is -2.12. The molecule has 0 amide bonds. The second kappa shape index (κ2) is 3.56. The first-order valence-corrected chi connectivity index (χ1v) is 4.45. The molecule has 0 bridgehead atoms. The zero-order chi connectivity index (χ0) is 9.10. The molecule has 13 heavy (non-hydrogen) atoms. The lowest BCUT2D eigenvalue weighted by molar-refractivity contribution is 0.626. The van der Waals surface area contributed by atoms with E-state index in [0.29, 0.717) is 5.92 Å². The van der Waals surface area contributed by atoms with Crippen LogP contribution in [0.25, 0.3) is 0 Å². The Morgan fingerprint density at radius 2 is 1.85 bits per heavy atom. The minimum atomic E-state index is -0.168. The second-order valence-corrected chi connectivity index (χ2v) is 3.21. The highest BCUT2D eigenvalue weighted by molar-refractivity contribution is 5.28. The average Bonchev–Trinajstić information content (AvgIpc) is 2.20. The van der Waals surface area contributed by atoms with Crippen LogP contribution in [0.4, 0.5) is 4.39 Å². The lowest BCUT2D eigenvalue weighted by Crippen LogP contribution is -1.95. The number of allylic oxidation sites excluding steroid dienone is 4. The summed E-state index contributed by atoms with van der Waals surface area (Å²) in [5.41, 5.74) is 1.18. The van der Waals surface area contributed by atoms with Gasteiger partial charge in [-0.2, -0.15) is 0 Å². The van der Waals surface area contributed by atoms with Crippen molar-refractivity contribution < 1.29 is 4.39 Å². The minimum Gasteiger partial charge on any atom is -0.207 e. The molecule has 66 valence electrons. The van der Waals surface area contributed by atoms with Gasteiger partial charge in [-0.25, -0.2) is 4.39 Å². The molecule has 0 fully saturated rings. The number of hydrogen-bond acceptors (Lipinski definition) is 0. The van der Waals surface area contributed by atoms with Crippen molar-refractivity contribution >= 4 is 0 Å². The van der Waals surface area contributed by atoms with E-state index >= 15 is 0 Å². The van der Waals surface area contributed by atoms with Crippen LogP contribution in [0.5, 0.6) is 0 Å². The van der Waals surface area contributed by atoms with Crippen LogP contribution >= 0.6 is 0 Å². The van der Waals surface area contributed by atoms with Crippen molar-refractivity contribution in [1.82, 2.24) is 0 Å². The van der Waals surface area contributed by atoms with Gasteiger partial charge in [0, 0.05) is 5.92 Å². The molecule has 2 rings (SSSR count). The fraction of sp³-hybridized carbons (Fsp3) is 0.167. The highest BCUT2D eigenvalue weighted by Crippen LogP contribution is 2.24. The zero-order valence-corrected chi connectivity index (χ0v) is 7.28. The molecule has 0 nitrogen and oxygen atoms in total. The summed E-state index contributed by atoms with van der Waals surface area (Å²) < 4.78 is 12.6. The van der Waals surface area contributed by atoms with Crippen molar-refractivity contribution in [3.63, 3.8) is 0 Å². The third-order valence-electron chi connectivity index (χ3n) is 2.28. The van der Waals surface area contributed by atoms with E-state index in [0.717, 1.165) is 6.42 Å². The largest absolute Gasteiger partial charge is 0.207 e. The second-order valence-electron chi connectivity index (χ2n) is 3.21. The van der Waals surface area contributed by atoms with Crippen LogP contribution in [-0.2, 0) is 0 Å². The maximum absolute atomic E-state index is 12.6. The Morgan fingerprint density at radius 1 is 1.08 bits per heavy atom. The van der Waals surface area contributed by atoms with Gasteiger partial charge in [0.15, 0.2) is 0 Å². The number of rotatable bonds is 1. The molecule has 0 N–H and O–H groups in total. The first kappa shape index (κ1) is 8.24. The number of hydrogen-bond donors (Lipinski definition) is 0. The van der Waals surface area contributed by atoms with E-state index in [1.54, 1.807) is 0 Å². The smallest absolute Gasteiger partial charge is 0.123 e. The highest BCUT2D eigenvalue weighted by atomic mass is 19.1. The molecule has 0 spiro atoms. The molecule has 1 aliphatic rings. The molecule has 1 aromatic rings. The van der Waals surface area contributed by atoms with E-state index in [2.05, 4.69) is 12.2 Å². The minimum absolute atomic E-state index is 0.168. The molecule has 1 aromatic carbocycles. The van der Waals surface area contributed by atoms with Gasteiger partial charge in [0.1, 0.15) is 5.82 Å². The Hall–Kier alpha value is -1.37. The Morgan fingerprint density at radius 3 is 2.46 bits per heavy atom. The predicted molar refractivity (Wildman–Crippen MR) is 52.0 cm³/mol. The Kier molecular flexibility index (Phi) is 2.26. The van der Waals surface area contributed by atoms with Crippen LogP contribution in [0.2, 0.25) is 0 Å². The fourth-order valence-corrected chi connectivity index (χ4v) is 1.54. The van der Waals surface area contributed by atoms with Crippen LogP contribution in [0, 0.1) is 5.82 Å². The fourth-order valence-electron chi connectivity index (χ4n) is 1.54. The Labute approximate surface area is 77.4 Å². The quantitative estimate of drug-likeness (QED) is 0.612. The van der Waals surface area contributed by atoms with Crippen molar-refractivity contribution in [1.29, 1.82) is 0 Å². The van der Waals surface area contributed by atoms with Gasteiger partial charge < -0.3 is 0 Å². The molecule has 0 radical (unpaired) electrons. The van der Waals surface area contributed by atoms with Crippen LogP contribution in [0.3, 0.4) is 0 Å². The number of halogens is 1. The van der Waals surface area contributed by atoms with Crippen molar-refractivity contribution in [2.45, 2.75) is 12.3 Å². The molecule has 0 aromatic heterocycles. The maximum atomic E-state index is 12.6. The average molecular weight is 174 g/mol. The van der Waals surface area contributed by atoms with Crippen molar-refractivity contribution in [3.8, 4) is 0 Å². The molecule has 1 unspecified atom stereocenters. The molecular formula is C12H11F. The summed E-state index contributed by atoms with van der Waals surface area (Å²) in [6.07, 6.45) is 9.38. The van der Waals surface area contributed by atoms with Crippen LogP contribution in [0.1, 0.15) is 17.9 Å². The van der Waals surface area contributed by atoms with Gasteiger partial charge >= 0.3 is 0 Å². The summed E-state index contributed by atoms with van der Waals surface area (Å²) in [6, 6.07) is 6.73. The van der Waals surface area contributed by atoms with Gasteiger partial charge in [0.25, 0.3) is 0 Å². The molecular weight excluding hydrogens is 163 g/mol. The van der Waals surface area contributed by atoms with Crippen molar-refractivity contribution in [3.05, 3.63) is 60.0 Å². The van der Waals surface area contributed by atoms with E-state index in [1.807, 2.05) is 24.3 Å². The maximum Gasteiger partial charge on any atom is 0.123 e. The molecule has 1 heteroatoms. The first-order chi connectivity index (χ1) is 6.36. The summed E-state index contributed by atoms with van der Waals surface area (Å²) >= 11 is 0. The monoisotopic (exact) mass is 174 g/mol. The standard InChI is InChI=1S/C12H11F/c13-12-8-6-11(7-9-12)10-4-2-1-3-5-10/h1-4,6-10H,5H2. The van der Waals surface area contributed by atoms with E-state index in [1.165, 1.54) is 17.7 Å². The topological polar surface area (TPSA) is 0 Å². The van der Waals surface area contributed by atoms with E-state index in [4.69, 9.17) is 0 Å². The summed E-state index contributed by atoms with van der Waals surface area (Å²) in [5.74, 6) is 0.254. The van der Waals surface area contributed by atoms with E-state index in [-0.39, 0.29) is 5.82 Å². The van der Waals surface area contributed by atoms with Gasteiger partial charge in [-0.3, -0.25) is 0 Å². The molecule has 1 atom stereocenters.